The third-order valence-electron chi connectivity index (χ3n) is 5.66. The molecule has 0 radical (unpaired) electrons. The second kappa shape index (κ2) is 9.91. The molecule has 7 nitrogen and oxygen atoms in total. The van der Waals surface area contributed by atoms with E-state index in [-0.39, 0.29) is 35.0 Å². The number of carbonyl (C=O) groups is 1. The first-order valence-corrected chi connectivity index (χ1v) is 11.1. The van der Waals surface area contributed by atoms with Crippen LogP contribution in [0.3, 0.4) is 0 Å². The summed E-state index contributed by atoms with van der Waals surface area (Å²) in [5.41, 5.74) is 6.25. The molecule has 1 aliphatic heterocycles. The number of hydrogen-bond acceptors (Lipinski definition) is 5. The SMILES string of the molecule is COc1ccc(NC(=O)[C@@H]2CCC[C@@H]2CN)cc1S(=O)(=O)N1CCCCC1.Cl. The van der Waals surface area contributed by atoms with E-state index >= 15 is 0 Å². The number of hydrogen-bond donors (Lipinski definition) is 2. The summed E-state index contributed by atoms with van der Waals surface area (Å²) in [6.45, 7) is 1.53. The zero-order valence-corrected chi connectivity index (χ0v) is 17.9. The summed E-state index contributed by atoms with van der Waals surface area (Å²) >= 11 is 0. The van der Waals surface area contributed by atoms with E-state index in [1.165, 1.54) is 17.5 Å². The van der Waals surface area contributed by atoms with Crippen LogP contribution in [-0.4, -0.2) is 45.4 Å². The second-order valence-corrected chi connectivity index (χ2v) is 9.26. The van der Waals surface area contributed by atoms with E-state index in [0.717, 1.165) is 38.5 Å². The summed E-state index contributed by atoms with van der Waals surface area (Å²) < 4.78 is 32.9. The summed E-state index contributed by atoms with van der Waals surface area (Å²) in [7, 11) is -2.21. The Labute approximate surface area is 173 Å². The van der Waals surface area contributed by atoms with Crippen LogP contribution in [0.4, 0.5) is 5.69 Å². The highest BCUT2D eigenvalue weighted by atomic mass is 35.5. The Morgan fingerprint density at radius 2 is 1.93 bits per heavy atom. The molecular weight excluding hydrogens is 402 g/mol. The van der Waals surface area contributed by atoms with E-state index < -0.39 is 10.0 Å². The number of methoxy groups -OCH3 is 1. The molecule has 1 amide bonds. The molecule has 1 heterocycles. The number of halogens is 1. The molecule has 1 aromatic carbocycles. The number of piperidine rings is 1. The highest BCUT2D eigenvalue weighted by molar-refractivity contribution is 7.89. The minimum atomic E-state index is -3.66. The van der Waals surface area contributed by atoms with Gasteiger partial charge < -0.3 is 15.8 Å². The average Bonchev–Trinajstić information content (AvgIpc) is 3.17. The van der Waals surface area contributed by atoms with Gasteiger partial charge >= 0.3 is 0 Å². The molecule has 9 heteroatoms. The Kier molecular flexibility index (Phi) is 8.12. The summed E-state index contributed by atoms with van der Waals surface area (Å²) in [6, 6.07) is 4.78. The average molecular weight is 432 g/mol. The van der Waals surface area contributed by atoms with Crippen LogP contribution in [0, 0.1) is 11.8 Å². The number of amides is 1. The molecule has 2 fully saturated rings. The van der Waals surface area contributed by atoms with Gasteiger partial charge in [-0.15, -0.1) is 12.4 Å². The van der Waals surface area contributed by atoms with Gasteiger partial charge in [-0.05, 0) is 56.3 Å². The van der Waals surface area contributed by atoms with Gasteiger partial charge in [0, 0.05) is 24.7 Å². The Bertz CT molecular complexity index is 781. The van der Waals surface area contributed by atoms with Crippen LogP contribution in [0.25, 0.3) is 0 Å². The number of benzene rings is 1. The zero-order valence-electron chi connectivity index (χ0n) is 16.2. The van der Waals surface area contributed by atoms with E-state index in [1.54, 1.807) is 12.1 Å². The highest BCUT2D eigenvalue weighted by Gasteiger charge is 2.33. The van der Waals surface area contributed by atoms with Gasteiger partial charge in [0.25, 0.3) is 0 Å². The Hall–Kier alpha value is -1.35. The molecule has 158 valence electrons. The zero-order chi connectivity index (χ0) is 19.4. The molecule has 3 rings (SSSR count). The van der Waals surface area contributed by atoms with Crippen molar-refractivity contribution >= 4 is 34.0 Å². The molecule has 1 saturated carbocycles. The van der Waals surface area contributed by atoms with Crippen LogP contribution in [0.15, 0.2) is 23.1 Å². The first-order valence-electron chi connectivity index (χ1n) is 9.66. The lowest BCUT2D eigenvalue weighted by atomic mass is 9.95. The number of ether oxygens (including phenoxy) is 1. The van der Waals surface area contributed by atoms with Gasteiger partial charge in [0.1, 0.15) is 10.6 Å². The Morgan fingerprint density at radius 1 is 1.21 bits per heavy atom. The number of nitrogens with one attached hydrogen (secondary N) is 1. The van der Waals surface area contributed by atoms with Crippen molar-refractivity contribution in [3.05, 3.63) is 18.2 Å². The lowest BCUT2D eigenvalue weighted by molar-refractivity contribution is -0.120. The van der Waals surface area contributed by atoms with Crippen molar-refractivity contribution in [3.63, 3.8) is 0 Å². The van der Waals surface area contributed by atoms with E-state index in [1.807, 2.05) is 0 Å². The maximum atomic E-state index is 13.1. The molecule has 0 spiro atoms. The van der Waals surface area contributed by atoms with E-state index in [0.29, 0.717) is 31.1 Å². The Morgan fingerprint density at radius 3 is 2.57 bits per heavy atom. The molecule has 0 aromatic heterocycles. The van der Waals surface area contributed by atoms with Crippen LogP contribution in [0.2, 0.25) is 0 Å². The topological polar surface area (TPSA) is 102 Å². The fraction of sp³-hybridized carbons (Fsp3) is 0.632. The molecule has 1 aromatic rings. The maximum absolute atomic E-state index is 13.1. The van der Waals surface area contributed by atoms with E-state index in [4.69, 9.17) is 10.5 Å². The molecule has 1 aliphatic carbocycles. The minimum absolute atomic E-state index is 0. The third kappa shape index (κ3) is 4.79. The third-order valence-corrected chi connectivity index (χ3v) is 7.58. The van der Waals surface area contributed by atoms with Gasteiger partial charge in [-0.1, -0.05) is 12.8 Å². The van der Waals surface area contributed by atoms with Crippen molar-refractivity contribution in [2.45, 2.75) is 43.4 Å². The predicted octanol–water partition coefficient (Wildman–Crippen LogP) is 2.61. The smallest absolute Gasteiger partial charge is 0.246 e. The molecule has 0 bridgehead atoms. The van der Waals surface area contributed by atoms with E-state index in [9.17, 15) is 13.2 Å². The first-order chi connectivity index (χ1) is 13.0. The number of rotatable bonds is 6. The first kappa shape index (κ1) is 22.9. The van der Waals surface area contributed by atoms with Gasteiger partial charge in [0.2, 0.25) is 15.9 Å². The lowest BCUT2D eigenvalue weighted by Crippen LogP contribution is -2.35. The standard InChI is InChI=1S/C19H29N3O4S.ClH/c1-26-17-9-8-15(21-19(23)16-7-5-6-14(16)13-20)12-18(17)27(24,25)22-10-3-2-4-11-22;/h8-9,12,14,16H,2-7,10-11,13,20H2,1H3,(H,21,23);1H/t14-,16-;/m1./s1. The molecule has 0 unspecified atom stereocenters. The van der Waals surface area contributed by atoms with Crippen LogP contribution < -0.4 is 15.8 Å². The van der Waals surface area contributed by atoms with Gasteiger partial charge in [0.05, 0.1) is 7.11 Å². The van der Waals surface area contributed by atoms with Crippen molar-refractivity contribution in [3.8, 4) is 5.75 Å². The van der Waals surface area contributed by atoms with Gasteiger partial charge in [-0.25, -0.2) is 8.42 Å². The van der Waals surface area contributed by atoms with Gasteiger partial charge in [-0.3, -0.25) is 4.79 Å². The number of anilines is 1. The van der Waals surface area contributed by atoms with Crippen LogP contribution in [0.1, 0.15) is 38.5 Å². The van der Waals surface area contributed by atoms with Crippen molar-refractivity contribution in [1.29, 1.82) is 0 Å². The largest absolute Gasteiger partial charge is 0.495 e. The number of nitrogens with zero attached hydrogens (tertiary/aromatic N) is 1. The molecule has 2 atom stereocenters. The van der Waals surface area contributed by atoms with Crippen LogP contribution >= 0.6 is 12.4 Å². The van der Waals surface area contributed by atoms with Gasteiger partial charge in [0.15, 0.2) is 0 Å². The second-order valence-electron chi connectivity index (χ2n) is 7.35. The molecule has 28 heavy (non-hydrogen) atoms. The summed E-state index contributed by atoms with van der Waals surface area (Å²) in [5.74, 6) is 0.285. The number of sulfonamides is 1. The fourth-order valence-corrected chi connectivity index (χ4v) is 5.80. The Balaban J connectivity index is 0.00000280. The lowest BCUT2D eigenvalue weighted by Gasteiger charge is -2.26. The molecule has 2 aliphatic rings. The number of nitrogens with two attached hydrogens (primary N) is 1. The van der Waals surface area contributed by atoms with Crippen molar-refractivity contribution in [2.75, 3.05) is 32.1 Å². The molecule has 3 N–H and O–H groups in total. The number of carbonyl (C=O) groups excluding carboxylic acids is 1. The summed E-state index contributed by atoms with van der Waals surface area (Å²) in [5, 5.41) is 2.88. The highest BCUT2D eigenvalue weighted by Crippen LogP contribution is 2.34. The van der Waals surface area contributed by atoms with Gasteiger partial charge in [-0.2, -0.15) is 4.31 Å². The maximum Gasteiger partial charge on any atom is 0.246 e. The van der Waals surface area contributed by atoms with Crippen LogP contribution in [0.5, 0.6) is 5.75 Å². The van der Waals surface area contributed by atoms with E-state index in [2.05, 4.69) is 5.32 Å². The molecular formula is C19H30ClN3O4S. The van der Waals surface area contributed by atoms with Crippen LogP contribution in [-0.2, 0) is 14.8 Å². The van der Waals surface area contributed by atoms with Crippen molar-refractivity contribution in [1.82, 2.24) is 4.31 Å². The predicted molar refractivity (Wildman–Crippen MR) is 111 cm³/mol. The quantitative estimate of drug-likeness (QED) is 0.720. The monoisotopic (exact) mass is 431 g/mol. The fourth-order valence-electron chi connectivity index (χ4n) is 4.10. The summed E-state index contributed by atoms with van der Waals surface area (Å²) in [6.07, 6.45) is 5.55. The molecule has 1 saturated heterocycles. The summed E-state index contributed by atoms with van der Waals surface area (Å²) in [4.78, 5) is 12.7. The minimum Gasteiger partial charge on any atom is -0.495 e. The van der Waals surface area contributed by atoms with Crippen molar-refractivity contribution < 1.29 is 17.9 Å². The van der Waals surface area contributed by atoms with Crippen molar-refractivity contribution in [2.24, 2.45) is 17.6 Å². The normalized spacial score (nSPS) is 23.1.